The Balaban J connectivity index is 2.60. The summed E-state index contributed by atoms with van der Waals surface area (Å²) in [4.78, 5) is 4.14. The van der Waals surface area contributed by atoms with Gasteiger partial charge in [0.25, 0.3) is 0 Å². The number of benzene rings is 1. The van der Waals surface area contributed by atoms with Gasteiger partial charge >= 0.3 is 0 Å². The van der Waals surface area contributed by atoms with Crippen molar-refractivity contribution in [2.24, 2.45) is 5.16 Å². The van der Waals surface area contributed by atoms with Crippen LogP contribution >= 0.6 is 11.3 Å². The molecular weight excluding hydrogens is 172 g/mol. The van der Waals surface area contributed by atoms with Gasteiger partial charge in [0.1, 0.15) is 0 Å². The van der Waals surface area contributed by atoms with Crippen molar-refractivity contribution >= 4 is 27.8 Å². The smallest absolute Gasteiger partial charge is 0.0818 e. The van der Waals surface area contributed by atoms with Crippen molar-refractivity contribution in [3.63, 3.8) is 0 Å². The van der Waals surface area contributed by atoms with Crippen LogP contribution < -0.4 is 0 Å². The minimum absolute atomic E-state index is 0.857. The molecule has 0 fully saturated rings. The Hall–Kier alpha value is -1.42. The summed E-state index contributed by atoms with van der Waals surface area (Å²) < 4.78 is 1.14. The van der Waals surface area contributed by atoms with Crippen LogP contribution in [-0.2, 0) is 0 Å². The molecule has 2 aromatic rings. The molecule has 0 unspecified atom stereocenters. The normalized spacial score (nSPS) is 11.3. The van der Waals surface area contributed by atoms with Gasteiger partial charge in [0, 0.05) is 0 Å². The molecule has 0 bridgehead atoms. The van der Waals surface area contributed by atoms with E-state index in [0.717, 1.165) is 15.8 Å². The Morgan fingerprint density at radius 1 is 1.50 bits per heavy atom. The predicted octanol–water partition coefficient (Wildman–Crippen LogP) is 2.10. The van der Waals surface area contributed by atoms with Crippen LogP contribution in [0.2, 0.25) is 0 Å². The maximum Gasteiger partial charge on any atom is 0.0818 e. The predicted molar refractivity (Wildman–Crippen MR) is 49.0 cm³/mol. The highest BCUT2D eigenvalue weighted by Gasteiger charge is 1.95. The summed E-state index contributed by atoms with van der Waals surface area (Å²) >= 11 is 1.60. The molecule has 1 heterocycles. The molecule has 0 aliphatic carbocycles. The van der Waals surface area contributed by atoms with E-state index in [-0.39, 0.29) is 0 Å². The van der Waals surface area contributed by atoms with Crippen LogP contribution in [0.25, 0.3) is 10.2 Å². The molecule has 60 valence electrons. The first kappa shape index (κ1) is 7.24. The van der Waals surface area contributed by atoms with Gasteiger partial charge in [-0.3, -0.25) is 0 Å². The molecule has 2 rings (SSSR count). The highest BCUT2D eigenvalue weighted by molar-refractivity contribution is 7.16. The van der Waals surface area contributed by atoms with Gasteiger partial charge in [0.2, 0.25) is 0 Å². The van der Waals surface area contributed by atoms with Crippen molar-refractivity contribution in [3.8, 4) is 0 Å². The Morgan fingerprint density at radius 2 is 2.42 bits per heavy atom. The largest absolute Gasteiger partial charge is 0.411 e. The van der Waals surface area contributed by atoms with E-state index in [2.05, 4.69) is 10.1 Å². The number of thiazole rings is 1. The quantitative estimate of drug-likeness (QED) is 0.413. The van der Waals surface area contributed by atoms with Gasteiger partial charge in [-0.25, -0.2) is 4.98 Å². The molecule has 3 nitrogen and oxygen atoms in total. The topological polar surface area (TPSA) is 45.5 Å². The second-order valence-corrected chi connectivity index (χ2v) is 3.21. The van der Waals surface area contributed by atoms with E-state index < -0.39 is 0 Å². The number of nitrogens with zero attached hydrogens (tertiary/aromatic N) is 2. The van der Waals surface area contributed by atoms with Crippen LogP contribution in [-0.4, -0.2) is 16.4 Å². The summed E-state index contributed by atoms with van der Waals surface area (Å²) in [5.41, 5.74) is 3.60. The summed E-state index contributed by atoms with van der Waals surface area (Å²) in [5.74, 6) is 0. The van der Waals surface area contributed by atoms with E-state index in [1.807, 2.05) is 18.2 Å². The SMILES string of the molecule is O/N=C\c1ccc2scnc2c1. The Morgan fingerprint density at radius 3 is 3.25 bits per heavy atom. The van der Waals surface area contributed by atoms with E-state index >= 15 is 0 Å². The summed E-state index contributed by atoms with van der Waals surface area (Å²) in [6.45, 7) is 0. The molecule has 0 spiro atoms. The second kappa shape index (κ2) is 2.91. The third kappa shape index (κ3) is 1.16. The molecule has 0 saturated carbocycles. The van der Waals surface area contributed by atoms with Crippen molar-refractivity contribution in [1.82, 2.24) is 4.98 Å². The van der Waals surface area contributed by atoms with Crippen LogP contribution in [0.4, 0.5) is 0 Å². The van der Waals surface area contributed by atoms with E-state index in [1.54, 1.807) is 16.8 Å². The lowest BCUT2D eigenvalue weighted by molar-refractivity contribution is 0.322. The molecule has 1 aromatic carbocycles. The molecule has 0 aliphatic rings. The fourth-order valence-corrected chi connectivity index (χ4v) is 1.68. The number of fused-ring (bicyclic) bond motifs is 1. The van der Waals surface area contributed by atoms with Gasteiger partial charge in [0.05, 0.1) is 21.9 Å². The second-order valence-electron chi connectivity index (χ2n) is 2.32. The average molecular weight is 178 g/mol. The molecule has 4 heteroatoms. The summed E-state index contributed by atoms with van der Waals surface area (Å²) in [6.07, 6.45) is 1.39. The Bertz CT molecular complexity index is 422. The van der Waals surface area contributed by atoms with Crippen LogP contribution in [0.5, 0.6) is 0 Å². The van der Waals surface area contributed by atoms with Crippen LogP contribution in [0, 0.1) is 0 Å². The number of hydrogen-bond donors (Lipinski definition) is 1. The molecule has 12 heavy (non-hydrogen) atoms. The van der Waals surface area contributed by atoms with E-state index in [1.165, 1.54) is 6.21 Å². The molecule has 0 amide bonds. The van der Waals surface area contributed by atoms with Crippen molar-refractivity contribution in [2.45, 2.75) is 0 Å². The fraction of sp³-hybridized carbons (Fsp3) is 0. The highest BCUT2D eigenvalue weighted by atomic mass is 32.1. The van der Waals surface area contributed by atoms with Crippen LogP contribution in [0.1, 0.15) is 5.56 Å². The van der Waals surface area contributed by atoms with Gasteiger partial charge < -0.3 is 5.21 Å². The molecule has 0 atom stereocenters. The standard InChI is InChI=1S/C8H6N2OS/c11-10-4-6-1-2-8-7(3-6)9-5-12-8/h1-5,11H/b10-4-. The highest BCUT2D eigenvalue weighted by Crippen LogP contribution is 2.17. The number of aromatic nitrogens is 1. The third-order valence-electron chi connectivity index (χ3n) is 1.56. The first-order valence-electron chi connectivity index (χ1n) is 3.41. The van der Waals surface area contributed by atoms with Gasteiger partial charge in [0.15, 0.2) is 0 Å². The average Bonchev–Trinajstić information content (AvgIpc) is 2.51. The minimum Gasteiger partial charge on any atom is -0.411 e. The maximum absolute atomic E-state index is 8.29. The molecule has 0 radical (unpaired) electrons. The third-order valence-corrected chi connectivity index (χ3v) is 2.37. The monoisotopic (exact) mass is 178 g/mol. The zero-order valence-electron chi connectivity index (χ0n) is 6.14. The number of rotatable bonds is 1. The lowest BCUT2D eigenvalue weighted by atomic mass is 10.2. The van der Waals surface area contributed by atoms with Gasteiger partial charge in [-0.15, -0.1) is 11.3 Å². The van der Waals surface area contributed by atoms with Crippen molar-refractivity contribution in [3.05, 3.63) is 29.3 Å². The van der Waals surface area contributed by atoms with Gasteiger partial charge in [-0.1, -0.05) is 11.2 Å². The first-order valence-corrected chi connectivity index (χ1v) is 4.29. The zero-order valence-corrected chi connectivity index (χ0v) is 6.95. The van der Waals surface area contributed by atoms with E-state index in [9.17, 15) is 0 Å². The van der Waals surface area contributed by atoms with Gasteiger partial charge in [-0.05, 0) is 17.7 Å². The van der Waals surface area contributed by atoms with E-state index in [4.69, 9.17) is 5.21 Å². The van der Waals surface area contributed by atoms with Crippen LogP contribution in [0.3, 0.4) is 0 Å². The van der Waals surface area contributed by atoms with Crippen molar-refractivity contribution < 1.29 is 5.21 Å². The lowest BCUT2D eigenvalue weighted by Crippen LogP contribution is -1.79. The number of hydrogen-bond acceptors (Lipinski definition) is 4. The maximum atomic E-state index is 8.29. The Kier molecular flexibility index (Phi) is 1.75. The number of oxime groups is 1. The van der Waals surface area contributed by atoms with Crippen molar-refractivity contribution in [2.75, 3.05) is 0 Å². The minimum atomic E-state index is 0.857. The lowest BCUT2D eigenvalue weighted by Gasteiger charge is -1.90. The summed E-state index contributed by atoms with van der Waals surface area (Å²) in [6, 6.07) is 5.73. The summed E-state index contributed by atoms with van der Waals surface area (Å²) in [5, 5.41) is 11.2. The molecule has 1 N–H and O–H groups in total. The fourth-order valence-electron chi connectivity index (χ4n) is 1.02. The first-order chi connectivity index (χ1) is 5.90. The van der Waals surface area contributed by atoms with Crippen molar-refractivity contribution in [1.29, 1.82) is 0 Å². The van der Waals surface area contributed by atoms with Gasteiger partial charge in [-0.2, -0.15) is 0 Å². The zero-order chi connectivity index (χ0) is 8.39. The van der Waals surface area contributed by atoms with Crippen LogP contribution in [0.15, 0.2) is 28.9 Å². The molecule has 0 aliphatic heterocycles. The molecular formula is C8H6N2OS. The summed E-state index contributed by atoms with van der Waals surface area (Å²) in [7, 11) is 0. The molecule has 0 saturated heterocycles. The molecule has 1 aromatic heterocycles. The Labute approximate surface area is 73.0 Å². The van der Waals surface area contributed by atoms with E-state index in [0.29, 0.717) is 0 Å².